The molecule has 6 heteroatoms. The van der Waals surface area contributed by atoms with E-state index in [0.717, 1.165) is 18.9 Å². The van der Waals surface area contributed by atoms with E-state index in [-0.39, 0.29) is 17.5 Å². The average Bonchev–Trinajstić information content (AvgIpc) is 2.56. The first-order valence-electron chi connectivity index (χ1n) is 8.33. The second kappa shape index (κ2) is 6.25. The third-order valence-corrected chi connectivity index (χ3v) is 5.10. The van der Waals surface area contributed by atoms with Crippen molar-refractivity contribution in [1.29, 1.82) is 5.26 Å². The normalized spacial score (nSPS) is 26.0. The molecule has 6 nitrogen and oxygen atoms in total. The van der Waals surface area contributed by atoms with E-state index in [9.17, 15) is 10.1 Å². The Labute approximate surface area is 148 Å². The molecule has 2 heterocycles. The van der Waals surface area contributed by atoms with Gasteiger partial charge in [0.05, 0.1) is 17.4 Å². The standard InChI is InChI=1S/C19H23N3O3/c1-18(2)12-19(25-4,8-13(9-20)17(18)23)15-6-5-7-16(21-15)22-10-14(11-22)24-3/h5-8,14H,10-12H2,1-4H3. The number of anilines is 1. The predicted molar refractivity (Wildman–Crippen MR) is 93.0 cm³/mol. The summed E-state index contributed by atoms with van der Waals surface area (Å²) < 4.78 is 11.1. The Morgan fingerprint density at radius 3 is 2.64 bits per heavy atom. The third kappa shape index (κ3) is 2.94. The molecule has 1 saturated heterocycles. The van der Waals surface area contributed by atoms with E-state index in [4.69, 9.17) is 14.5 Å². The van der Waals surface area contributed by atoms with E-state index in [1.165, 1.54) is 0 Å². The Morgan fingerprint density at radius 1 is 1.32 bits per heavy atom. The number of carbonyl (C=O) groups excluding carboxylic acids is 1. The number of ether oxygens (including phenoxy) is 2. The summed E-state index contributed by atoms with van der Waals surface area (Å²) in [5.74, 6) is 0.702. The second-order valence-electron chi connectivity index (χ2n) is 7.30. The number of carbonyl (C=O) groups is 1. The van der Waals surface area contributed by atoms with Gasteiger partial charge in [0.1, 0.15) is 17.5 Å². The number of methoxy groups -OCH3 is 2. The number of hydrogen-bond donors (Lipinski definition) is 0. The number of nitrogens with zero attached hydrogens (tertiary/aromatic N) is 3. The molecule has 1 atom stereocenters. The molecule has 0 bridgehead atoms. The summed E-state index contributed by atoms with van der Waals surface area (Å²) in [6.45, 7) is 5.29. The van der Waals surface area contributed by atoms with Gasteiger partial charge in [-0.15, -0.1) is 0 Å². The fourth-order valence-electron chi connectivity index (χ4n) is 3.54. The minimum Gasteiger partial charge on any atom is -0.378 e. The van der Waals surface area contributed by atoms with Crippen LogP contribution in [0.5, 0.6) is 0 Å². The van der Waals surface area contributed by atoms with E-state index in [2.05, 4.69) is 4.90 Å². The second-order valence-corrected chi connectivity index (χ2v) is 7.30. The van der Waals surface area contributed by atoms with Gasteiger partial charge in [0, 0.05) is 32.7 Å². The summed E-state index contributed by atoms with van der Waals surface area (Å²) in [7, 11) is 3.30. The predicted octanol–water partition coefficient (Wildman–Crippen LogP) is 2.21. The van der Waals surface area contributed by atoms with Crippen LogP contribution in [0.3, 0.4) is 0 Å². The van der Waals surface area contributed by atoms with Gasteiger partial charge in [0.15, 0.2) is 5.78 Å². The molecule has 2 aliphatic rings. The molecule has 1 unspecified atom stereocenters. The highest BCUT2D eigenvalue weighted by Crippen LogP contribution is 2.45. The Bertz CT molecular complexity index is 759. The number of Topliss-reactive ketones (excluding diaryl/α,β-unsaturated/α-hetero) is 1. The fourth-order valence-corrected chi connectivity index (χ4v) is 3.54. The zero-order valence-corrected chi connectivity index (χ0v) is 15.1. The Morgan fingerprint density at radius 2 is 2.04 bits per heavy atom. The molecule has 0 radical (unpaired) electrons. The third-order valence-electron chi connectivity index (χ3n) is 5.10. The smallest absolute Gasteiger partial charge is 0.178 e. The van der Waals surface area contributed by atoms with Crippen molar-refractivity contribution in [1.82, 2.24) is 4.98 Å². The van der Waals surface area contributed by atoms with Gasteiger partial charge in [0.2, 0.25) is 0 Å². The summed E-state index contributed by atoms with van der Waals surface area (Å²) in [6, 6.07) is 7.79. The van der Waals surface area contributed by atoms with Gasteiger partial charge in [-0.3, -0.25) is 4.79 Å². The average molecular weight is 341 g/mol. The van der Waals surface area contributed by atoms with Crippen LogP contribution < -0.4 is 4.90 Å². The Kier molecular flexibility index (Phi) is 4.40. The highest BCUT2D eigenvalue weighted by molar-refractivity contribution is 6.03. The number of pyridine rings is 1. The molecule has 25 heavy (non-hydrogen) atoms. The molecule has 1 aliphatic heterocycles. The largest absolute Gasteiger partial charge is 0.378 e. The van der Waals surface area contributed by atoms with Crippen LogP contribution in [0.15, 0.2) is 29.8 Å². The first-order chi connectivity index (χ1) is 11.8. The Hall–Kier alpha value is -2.23. The van der Waals surface area contributed by atoms with Crippen LogP contribution in [-0.2, 0) is 19.9 Å². The van der Waals surface area contributed by atoms with Crippen molar-refractivity contribution in [2.45, 2.75) is 32.0 Å². The lowest BCUT2D eigenvalue weighted by Gasteiger charge is -2.41. The van der Waals surface area contributed by atoms with Gasteiger partial charge in [0.25, 0.3) is 0 Å². The van der Waals surface area contributed by atoms with Crippen LogP contribution in [0.1, 0.15) is 26.0 Å². The van der Waals surface area contributed by atoms with Gasteiger partial charge in [-0.2, -0.15) is 5.26 Å². The van der Waals surface area contributed by atoms with Crippen molar-refractivity contribution in [3.8, 4) is 6.07 Å². The lowest BCUT2D eigenvalue weighted by Crippen LogP contribution is -2.52. The van der Waals surface area contributed by atoms with Gasteiger partial charge >= 0.3 is 0 Å². The maximum Gasteiger partial charge on any atom is 0.178 e. The van der Waals surface area contributed by atoms with Gasteiger partial charge in [-0.05, 0) is 24.6 Å². The lowest BCUT2D eigenvalue weighted by atomic mass is 9.68. The first-order valence-corrected chi connectivity index (χ1v) is 8.33. The molecular weight excluding hydrogens is 318 g/mol. The van der Waals surface area contributed by atoms with E-state index in [1.54, 1.807) is 20.3 Å². The molecule has 132 valence electrons. The quantitative estimate of drug-likeness (QED) is 0.836. The molecule has 0 N–H and O–H groups in total. The number of ketones is 1. The molecule has 0 amide bonds. The summed E-state index contributed by atoms with van der Waals surface area (Å²) in [4.78, 5) is 19.3. The molecule has 0 spiro atoms. The zero-order valence-electron chi connectivity index (χ0n) is 15.1. The number of nitriles is 1. The van der Waals surface area contributed by atoms with E-state index < -0.39 is 11.0 Å². The number of rotatable bonds is 4. The van der Waals surface area contributed by atoms with Crippen LogP contribution >= 0.6 is 0 Å². The van der Waals surface area contributed by atoms with Crippen molar-refractivity contribution in [2.75, 3.05) is 32.2 Å². The van der Waals surface area contributed by atoms with Crippen molar-refractivity contribution in [2.24, 2.45) is 5.41 Å². The summed E-state index contributed by atoms with van der Waals surface area (Å²) in [6.07, 6.45) is 2.30. The van der Waals surface area contributed by atoms with Crippen molar-refractivity contribution in [3.63, 3.8) is 0 Å². The van der Waals surface area contributed by atoms with Crippen LogP contribution in [0.4, 0.5) is 5.82 Å². The van der Waals surface area contributed by atoms with Crippen LogP contribution in [0.25, 0.3) is 0 Å². The minimum atomic E-state index is -0.885. The summed E-state index contributed by atoms with van der Waals surface area (Å²) in [5, 5.41) is 9.38. The van der Waals surface area contributed by atoms with E-state index >= 15 is 0 Å². The molecule has 1 aliphatic carbocycles. The topological polar surface area (TPSA) is 75.5 Å². The van der Waals surface area contributed by atoms with Gasteiger partial charge < -0.3 is 14.4 Å². The highest BCUT2D eigenvalue weighted by atomic mass is 16.5. The zero-order chi connectivity index (χ0) is 18.2. The first kappa shape index (κ1) is 17.6. The van der Waals surface area contributed by atoms with Gasteiger partial charge in [-0.1, -0.05) is 19.9 Å². The van der Waals surface area contributed by atoms with Crippen LogP contribution in [-0.4, -0.2) is 44.2 Å². The Balaban J connectivity index is 2.00. The molecule has 1 aromatic heterocycles. The SMILES string of the molecule is COC1CN(c2cccc(C3(OC)C=C(C#N)C(=O)C(C)(C)C3)n2)C1. The summed E-state index contributed by atoms with van der Waals surface area (Å²) in [5.41, 5.74) is -0.731. The molecule has 1 aromatic rings. The maximum atomic E-state index is 12.4. The van der Waals surface area contributed by atoms with Crippen molar-refractivity contribution >= 4 is 11.6 Å². The van der Waals surface area contributed by atoms with E-state index in [0.29, 0.717) is 12.1 Å². The lowest BCUT2D eigenvalue weighted by molar-refractivity contribution is -0.128. The monoisotopic (exact) mass is 341 g/mol. The molecule has 3 rings (SSSR count). The highest BCUT2D eigenvalue weighted by Gasteiger charge is 2.47. The number of hydrogen-bond acceptors (Lipinski definition) is 6. The molecular formula is C19H23N3O3. The maximum absolute atomic E-state index is 12.4. The van der Waals surface area contributed by atoms with E-state index in [1.807, 2.05) is 38.1 Å². The van der Waals surface area contributed by atoms with Crippen LogP contribution in [0.2, 0.25) is 0 Å². The van der Waals surface area contributed by atoms with Crippen molar-refractivity contribution in [3.05, 3.63) is 35.5 Å². The molecule has 0 saturated carbocycles. The molecule has 1 fully saturated rings. The van der Waals surface area contributed by atoms with Crippen LogP contribution in [0, 0.1) is 16.7 Å². The fraction of sp³-hybridized carbons (Fsp3) is 0.526. The van der Waals surface area contributed by atoms with Gasteiger partial charge in [-0.25, -0.2) is 4.98 Å². The number of aromatic nitrogens is 1. The minimum absolute atomic E-state index is 0.133. The number of allylic oxidation sites excluding steroid dienone is 1. The van der Waals surface area contributed by atoms with Crippen molar-refractivity contribution < 1.29 is 14.3 Å². The summed E-state index contributed by atoms with van der Waals surface area (Å²) >= 11 is 0. The molecule has 0 aromatic carbocycles.